The second-order valence-corrected chi connectivity index (χ2v) is 7.88. The van der Waals surface area contributed by atoms with Crippen LogP contribution in [0, 0.1) is 12.7 Å². The number of morpholine rings is 1. The number of amides is 1. The van der Waals surface area contributed by atoms with E-state index in [4.69, 9.17) is 4.74 Å². The molecular formula is C22H22FN3O3. The number of hydrogen-bond acceptors (Lipinski definition) is 3. The lowest BCUT2D eigenvalue weighted by Crippen LogP contribution is -2.42. The van der Waals surface area contributed by atoms with Crippen molar-refractivity contribution in [1.82, 2.24) is 14.5 Å². The molecule has 3 aromatic rings. The predicted molar refractivity (Wildman–Crippen MR) is 107 cm³/mol. The predicted octanol–water partition coefficient (Wildman–Crippen LogP) is 3.33. The van der Waals surface area contributed by atoms with Crippen molar-refractivity contribution in [3.05, 3.63) is 69.4 Å². The Balaban J connectivity index is 1.39. The number of halogens is 1. The highest BCUT2D eigenvalue weighted by atomic mass is 19.1. The van der Waals surface area contributed by atoms with Crippen molar-refractivity contribution in [3.8, 4) is 0 Å². The summed E-state index contributed by atoms with van der Waals surface area (Å²) in [6.07, 6.45) is 1.75. The fraction of sp³-hybridized carbons (Fsp3) is 0.364. The zero-order chi connectivity index (χ0) is 20.1. The molecule has 1 saturated heterocycles. The van der Waals surface area contributed by atoms with Gasteiger partial charge in [-0.05, 0) is 55.2 Å². The molecule has 2 fully saturated rings. The van der Waals surface area contributed by atoms with E-state index >= 15 is 0 Å². The fourth-order valence-corrected chi connectivity index (χ4v) is 4.05. The summed E-state index contributed by atoms with van der Waals surface area (Å²) in [7, 11) is 0. The highest BCUT2D eigenvalue weighted by molar-refractivity contribution is 5.97. The molecular weight excluding hydrogens is 373 g/mol. The van der Waals surface area contributed by atoms with Crippen LogP contribution in [0.15, 0.2) is 41.2 Å². The van der Waals surface area contributed by atoms with Crippen molar-refractivity contribution in [2.75, 3.05) is 19.7 Å². The minimum atomic E-state index is -0.286. The lowest BCUT2D eigenvalue weighted by molar-refractivity contribution is -0.0228. The van der Waals surface area contributed by atoms with Gasteiger partial charge in [-0.3, -0.25) is 9.36 Å². The summed E-state index contributed by atoms with van der Waals surface area (Å²) in [4.78, 5) is 29.9. The summed E-state index contributed by atoms with van der Waals surface area (Å²) in [5, 5.41) is 0. The molecule has 1 aromatic heterocycles. The highest BCUT2D eigenvalue weighted by Gasteiger charge is 2.29. The fourth-order valence-electron chi connectivity index (χ4n) is 4.05. The first-order valence-electron chi connectivity index (χ1n) is 9.92. The number of nitrogens with zero attached hydrogens (tertiary/aromatic N) is 2. The number of nitrogens with one attached hydrogen (secondary N) is 1. The third-order valence-corrected chi connectivity index (χ3v) is 5.78. The van der Waals surface area contributed by atoms with Crippen molar-refractivity contribution >= 4 is 16.9 Å². The van der Waals surface area contributed by atoms with Crippen LogP contribution in [0.4, 0.5) is 4.39 Å². The third-order valence-electron chi connectivity index (χ3n) is 5.78. The number of ether oxygens (including phenoxy) is 1. The highest BCUT2D eigenvalue weighted by Crippen LogP contribution is 2.35. The number of aryl methyl sites for hydroxylation is 1. The number of aromatic nitrogens is 2. The van der Waals surface area contributed by atoms with Crippen LogP contribution in [0.25, 0.3) is 11.0 Å². The quantitative estimate of drug-likeness (QED) is 0.740. The molecule has 0 radical (unpaired) electrons. The molecule has 29 heavy (non-hydrogen) atoms. The molecule has 1 saturated carbocycles. The van der Waals surface area contributed by atoms with E-state index in [1.54, 1.807) is 40.7 Å². The summed E-state index contributed by atoms with van der Waals surface area (Å²) in [5.41, 5.74) is 3.37. The summed E-state index contributed by atoms with van der Waals surface area (Å²) in [6, 6.07) is 10.6. The Hall–Kier alpha value is -2.93. The lowest BCUT2D eigenvalue weighted by Gasteiger charge is -2.33. The zero-order valence-corrected chi connectivity index (χ0v) is 16.2. The van der Waals surface area contributed by atoms with Gasteiger partial charge in [0, 0.05) is 18.2 Å². The number of aromatic amines is 1. The maximum atomic E-state index is 13.6. The molecule has 1 aliphatic heterocycles. The Labute approximate surface area is 166 Å². The van der Waals surface area contributed by atoms with Gasteiger partial charge in [-0.15, -0.1) is 0 Å². The number of hydrogen-bond donors (Lipinski definition) is 1. The van der Waals surface area contributed by atoms with Gasteiger partial charge in [-0.1, -0.05) is 12.1 Å². The number of carbonyl (C=O) groups excluding carboxylic acids is 1. The number of benzene rings is 2. The second-order valence-electron chi connectivity index (χ2n) is 7.88. The summed E-state index contributed by atoms with van der Waals surface area (Å²) in [5.74, 6) is -0.350. The van der Waals surface area contributed by atoms with E-state index in [9.17, 15) is 14.0 Å². The van der Waals surface area contributed by atoms with Gasteiger partial charge in [-0.25, -0.2) is 9.18 Å². The van der Waals surface area contributed by atoms with Crippen molar-refractivity contribution in [3.63, 3.8) is 0 Å². The van der Waals surface area contributed by atoms with Crippen LogP contribution in [0.2, 0.25) is 0 Å². The monoisotopic (exact) mass is 395 g/mol. The van der Waals surface area contributed by atoms with E-state index in [1.807, 2.05) is 6.07 Å². The van der Waals surface area contributed by atoms with Crippen LogP contribution < -0.4 is 5.69 Å². The minimum absolute atomic E-state index is 0.0981. The Morgan fingerprint density at radius 3 is 2.79 bits per heavy atom. The number of H-pyrrole nitrogens is 1. The Morgan fingerprint density at radius 1 is 1.21 bits per heavy atom. The molecule has 0 spiro atoms. The average Bonchev–Trinajstić information content (AvgIpc) is 3.50. The smallest absolute Gasteiger partial charge is 0.326 e. The maximum absolute atomic E-state index is 13.6. The zero-order valence-electron chi connectivity index (χ0n) is 16.2. The van der Waals surface area contributed by atoms with Crippen LogP contribution in [-0.4, -0.2) is 40.1 Å². The number of carbonyl (C=O) groups is 1. The summed E-state index contributed by atoms with van der Waals surface area (Å²) in [6.45, 7) is 3.03. The minimum Gasteiger partial charge on any atom is -0.370 e. The summed E-state index contributed by atoms with van der Waals surface area (Å²) >= 11 is 0. The van der Waals surface area contributed by atoms with Crippen molar-refractivity contribution in [2.45, 2.75) is 31.9 Å². The van der Waals surface area contributed by atoms with Crippen LogP contribution in [0.3, 0.4) is 0 Å². The SMILES string of the molecule is Cc1cc(C2CN(C(=O)c3ccc4c(c3)[nH]c(=O)n4C3CC3)CCO2)ccc1F. The number of fused-ring (bicyclic) bond motifs is 1. The topological polar surface area (TPSA) is 67.3 Å². The van der Waals surface area contributed by atoms with Gasteiger partial charge in [0.2, 0.25) is 0 Å². The van der Waals surface area contributed by atoms with Crippen molar-refractivity contribution < 1.29 is 13.9 Å². The first-order chi connectivity index (χ1) is 14.0. The van der Waals surface area contributed by atoms with Gasteiger partial charge in [0.05, 0.1) is 24.2 Å². The first kappa shape index (κ1) is 18.1. The number of rotatable bonds is 3. The average molecular weight is 395 g/mol. The van der Waals surface area contributed by atoms with Crippen LogP contribution in [0.1, 0.15) is 46.5 Å². The standard InChI is InChI=1S/C22H22FN3O3/c1-13-10-14(2-6-17(13)23)20-12-25(8-9-29-20)21(27)15-3-7-19-18(11-15)24-22(28)26(19)16-4-5-16/h2-3,6-7,10-11,16,20H,4-5,8-9,12H2,1H3,(H,24,28). The van der Waals surface area contributed by atoms with E-state index in [-0.39, 0.29) is 29.6 Å². The molecule has 1 atom stereocenters. The Kier molecular flexibility index (Phi) is 4.28. The van der Waals surface area contributed by atoms with Gasteiger partial charge < -0.3 is 14.6 Å². The van der Waals surface area contributed by atoms with Crippen LogP contribution in [-0.2, 0) is 4.74 Å². The van der Waals surface area contributed by atoms with Gasteiger partial charge in [0.15, 0.2) is 0 Å². The molecule has 2 aliphatic rings. The molecule has 1 N–H and O–H groups in total. The Morgan fingerprint density at radius 2 is 2.03 bits per heavy atom. The van der Waals surface area contributed by atoms with Crippen molar-refractivity contribution in [2.24, 2.45) is 0 Å². The van der Waals surface area contributed by atoms with Crippen LogP contribution in [0.5, 0.6) is 0 Å². The van der Waals surface area contributed by atoms with E-state index in [1.165, 1.54) is 6.07 Å². The molecule has 6 nitrogen and oxygen atoms in total. The largest absolute Gasteiger partial charge is 0.370 e. The number of imidazole rings is 1. The molecule has 5 rings (SSSR count). The molecule has 7 heteroatoms. The van der Waals surface area contributed by atoms with E-state index in [0.29, 0.717) is 36.3 Å². The molecule has 0 bridgehead atoms. The van der Waals surface area contributed by atoms with E-state index in [2.05, 4.69) is 4.98 Å². The first-order valence-corrected chi connectivity index (χ1v) is 9.92. The third kappa shape index (κ3) is 3.25. The van der Waals surface area contributed by atoms with E-state index < -0.39 is 0 Å². The van der Waals surface area contributed by atoms with Gasteiger partial charge in [0.25, 0.3) is 5.91 Å². The molecule has 1 amide bonds. The normalized spacial score (nSPS) is 19.7. The lowest BCUT2D eigenvalue weighted by atomic mass is 10.0. The van der Waals surface area contributed by atoms with E-state index in [0.717, 1.165) is 23.9 Å². The van der Waals surface area contributed by atoms with Gasteiger partial charge >= 0.3 is 5.69 Å². The van der Waals surface area contributed by atoms with Crippen LogP contribution >= 0.6 is 0 Å². The molecule has 2 heterocycles. The van der Waals surface area contributed by atoms with Crippen molar-refractivity contribution in [1.29, 1.82) is 0 Å². The van der Waals surface area contributed by atoms with Gasteiger partial charge in [-0.2, -0.15) is 0 Å². The maximum Gasteiger partial charge on any atom is 0.326 e. The molecule has 150 valence electrons. The summed E-state index contributed by atoms with van der Waals surface area (Å²) < 4.78 is 21.2. The molecule has 2 aromatic carbocycles. The Bertz CT molecular complexity index is 1160. The molecule has 1 unspecified atom stereocenters. The second kappa shape index (κ2) is 6.84. The molecule has 1 aliphatic carbocycles. The van der Waals surface area contributed by atoms with Gasteiger partial charge in [0.1, 0.15) is 11.9 Å².